The average Bonchev–Trinajstić information content (AvgIpc) is 0.725. The molecular weight excluding hydrogens is 1310 g/mol. The molecule has 0 unspecified atom stereocenters. The van der Waals surface area contributed by atoms with Crippen molar-refractivity contribution < 1.29 is 0 Å². The van der Waals surface area contributed by atoms with Gasteiger partial charge in [-0.1, -0.05) is 97.1 Å². The van der Waals surface area contributed by atoms with Gasteiger partial charge >= 0.3 is 0 Å². The first-order valence-corrected chi connectivity index (χ1v) is 34.8. The third-order valence-corrected chi connectivity index (χ3v) is 21.8. The highest BCUT2D eigenvalue weighted by Gasteiger charge is 2.22. The molecular formula is C88H38N18. The molecule has 0 aliphatic heterocycles. The predicted molar refractivity (Wildman–Crippen MR) is 424 cm³/mol. The summed E-state index contributed by atoms with van der Waals surface area (Å²) in [7, 11) is 0. The molecule has 18 heteroatoms. The summed E-state index contributed by atoms with van der Waals surface area (Å²) in [6.45, 7) is 0. The van der Waals surface area contributed by atoms with Crippen LogP contribution in [0.15, 0.2) is 231 Å². The Hall–Kier alpha value is -15.0. The molecule has 0 fully saturated rings. The molecule has 0 spiro atoms. The van der Waals surface area contributed by atoms with Crippen LogP contribution in [-0.4, -0.2) is 89.7 Å². The fourth-order valence-electron chi connectivity index (χ4n) is 16.6. The Kier molecular flexibility index (Phi) is 10.1. The van der Waals surface area contributed by atoms with Gasteiger partial charge in [0.1, 0.15) is 0 Å². The summed E-state index contributed by atoms with van der Waals surface area (Å²) in [4.78, 5) is 100.0. The van der Waals surface area contributed by atoms with E-state index < -0.39 is 0 Å². The van der Waals surface area contributed by atoms with Crippen molar-refractivity contribution in [3.63, 3.8) is 0 Å². The topological polar surface area (TPSA) is 232 Å². The Labute approximate surface area is 590 Å². The summed E-state index contributed by atoms with van der Waals surface area (Å²) in [6.07, 6.45) is 3.62. The summed E-state index contributed by atoms with van der Waals surface area (Å²) in [5.74, 6) is 0. The van der Waals surface area contributed by atoms with Gasteiger partial charge in [-0.25, -0.2) is 79.7 Å². The number of rotatable bonds is 0. The van der Waals surface area contributed by atoms with Crippen LogP contribution in [0.5, 0.6) is 0 Å². The van der Waals surface area contributed by atoms with Gasteiger partial charge in [-0.05, 0) is 121 Å². The van der Waals surface area contributed by atoms with E-state index in [0.29, 0.717) is 165 Å². The zero-order chi connectivity index (χ0) is 68.5. The monoisotopic (exact) mass is 1350 g/mol. The van der Waals surface area contributed by atoms with Gasteiger partial charge in [-0.2, -0.15) is 0 Å². The highest BCUT2D eigenvalue weighted by atomic mass is 14.9. The van der Waals surface area contributed by atoms with Crippen LogP contribution in [0.1, 0.15) is 0 Å². The van der Waals surface area contributed by atoms with Gasteiger partial charge in [0.15, 0.2) is 0 Å². The van der Waals surface area contributed by atoms with E-state index in [1.54, 1.807) is 0 Å². The minimum atomic E-state index is 0.533. The lowest BCUT2D eigenvalue weighted by atomic mass is 10.0. The Morgan fingerprint density at radius 1 is 0.113 bits per heavy atom. The van der Waals surface area contributed by atoms with E-state index in [2.05, 4.69) is 170 Å². The first-order valence-electron chi connectivity index (χ1n) is 34.8. The van der Waals surface area contributed by atoms with Crippen molar-refractivity contribution >= 4 is 274 Å². The molecule has 0 radical (unpaired) electrons. The van der Waals surface area contributed by atoms with E-state index in [9.17, 15) is 0 Å². The first kappa shape index (κ1) is 54.7. The molecule has 32 bridgehead atoms. The second-order valence-electron chi connectivity index (χ2n) is 27.7. The van der Waals surface area contributed by atoms with Crippen molar-refractivity contribution in [3.05, 3.63) is 231 Å². The summed E-state index contributed by atoms with van der Waals surface area (Å²) < 4.78 is 0. The molecule has 22 aromatic heterocycles. The predicted octanol–water partition coefficient (Wildman–Crippen LogP) is 19.6. The zero-order valence-electron chi connectivity index (χ0n) is 55.0. The molecule has 0 amide bonds. The van der Waals surface area contributed by atoms with Gasteiger partial charge in [-0.15, -0.1) is 0 Å². The lowest BCUT2D eigenvalue weighted by molar-refractivity contribution is 1.37. The van der Waals surface area contributed by atoms with Crippen LogP contribution in [-0.2, 0) is 0 Å². The van der Waals surface area contributed by atoms with E-state index >= 15 is 0 Å². The highest BCUT2D eigenvalue weighted by molar-refractivity contribution is 6.23. The van der Waals surface area contributed by atoms with Crippen LogP contribution in [0, 0.1) is 0 Å². The fourth-order valence-corrected chi connectivity index (χ4v) is 16.6. The summed E-state index contributed by atoms with van der Waals surface area (Å²) in [5.41, 5.74) is 22.0. The Morgan fingerprint density at radius 3 is 0.500 bits per heavy atom. The molecule has 26 rings (SSSR count). The van der Waals surface area contributed by atoms with Crippen molar-refractivity contribution in [3.8, 4) is 0 Å². The molecule has 0 aliphatic carbocycles. The van der Waals surface area contributed by atoms with Gasteiger partial charge in [0.2, 0.25) is 0 Å². The standard InChI is InChI=1S/C88H38N18/c1-3-41-13-21-59-51-35-69-71-37-53-61-23-15-46-8-6-44-12-20-58(94-78(44)80(46)97-61)50-34-68-64-26-28-66-82(100-64)48(30-32-90-66)56-18-10-40-2-4-42-14-22-60(96-76(42)74(40)92-56)52-36-70(104-86(50)84(52)102-68)72-38-54(87(105-71)88(53)106-72)62-24-16-45-7-5-43-11-19-57(93-77(43)79(45)98-62)49-33-67(101-83(51)85(49)103-69)63-25-27-65-81(99-63)47(29-31-89-65)55-17-9-39(1)73(91-55)75(41)95-59/h1-38H. The van der Waals surface area contributed by atoms with Crippen LogP contribution < -0.4 is 0 Å². The maximum absolute atomic E-state index is 5.85. The van der Waals surface area contributed by atoms with Crippen molar-refractivity contribution in [2.24, 2.45) is 0 Å². The smallest absolute Gasteiger partial charge is 0.0996 e. The number of hydrogen-bond donors (Lipinski definition) is 0. The van der Waals surface area contributed by atoms with Crippen LogP contribution >= 0.6 is 0 Å². The molecule has 4 aromatic carbocycles. The van der Waals surface area contributed by atoms with Gasteiger partial charge < -0.3 is 0 Å². The maximum Gasteiger partial charge on any atom is 0.0996 e. The molecule has 0 saturated heterocycles. The molecule has 480 valence electrons. The van der Waals surface area contributed by atoms with Crippen LogP contribution in [0.4, 0.5) is 0 Å². The Morgan fingerprint density at radius 2 is 0.274 bits per heavy atom. The zero-order valence-corrected chi connectivity index (χ0v) is 55.0. The van der Waals surface area contributed by atoms with Gasteiger partial charge in [0, 0.05) is 98.6 Å². The Bertz CT molecular complexity index is 8310. The van der Waals surface area contributed by atoms with Gasteiger partial charge in [-0.3, -0.25) is 9.97 Å². The first-order chi connectivity index (χ1) is 52.4. The summed E-state index contributed by atoms with van der Waals surface area (Å²) >= 11 is 0. The van der Waals surface area contributed by atoms with Gasteiger partial charge in [0.25, 0.3) is 0 Å². The lowest BCUT2D eigenvalue weighted by Crippen LogP contribution is -1.96. The molecule has 106 heavy (non-hydrogen) atoms. The maximum atomic E-state index is 5.85. The molecule has 22 heterocycles. The third-order valence-electron chi connectivity index (χ3n) is 21.8. The van der Waals surface area contributed by atoms with Crippen LogP contribution in [0.3, 0.4) is 0 Å². The highest BCUT2D eigenvalue weighted by Crippen LogP contribution is 2.41. The molecule has 0 saturated carbocycles. The molecule has 0 N–H and O–H groups in total. The third kappa shape index (κ3) is 7.50. The van der Waals surface area contributed by atoms with Gasteiger partial charge in [0.05, 0.1) is 188 Å². The van der Waals surface area contributed by atoms with Crippen LogP contribution in [0.25, 0.3) is 274 Å². The minimum Gasteiger partial charge on any atom is -0.255 e. The van der Waals surface area contributed by atoms with E-state index in [1.807, 2.05) is 60.9 Å². The normalized spacial score (nSPS) is 12.7. The van der Waals surface area contributed by atoms with E-state index in [4.69, 9.17) is 89.7 Å². The number of pyridine rings is 18. The number of fused-ring (bicyclic) bond motifs is 28. The largest absolute Gasteiger partial charge is 0.255 e. The second kappa shape index (κ2) is 19.5. The molecule has 18 nitrogen and oxygen atoms in total. The van der Waals surface area contributed by atoms with E-state index in [-0.39, 0.29) is 0 Å². The van der Waals surface area contributed by atoms with Crippen molar-refractivity contribution in [1.29, 1.82) is 0 Å². The minimum absolute atomic E-state index is 0.533. The molecule has 26 aromatic rings. The summed E-state index contributed by atoms with van der Waals surface area (Å²) in [5, 5.41) is 13.3. The second-order valence-corrected chi connectivity index (χ2v) is 27.7. The van der Waals surface area contributed by atoms with Crippen LogP contribution in [0.2, 0.25) is 0 Å². The quantitative estimate of drug-likeness (QED) is 0.128. The van der Waals surface area contributed by atoms with Crippen molar-refractivity contribution in [1.82, 2.24) is 89.7 Å². The average molecular weight is 1350 g/mol. The number of aromatic nitrogens is 18. The summed E-state index contributed by atoms with van der Waals surface area (Å²) in [6, 6.07) is 74.5. The fraction of sp³-hybridized carbons (Fsp3) is 0. The number of benzene rings is 4. The molecule has 0 atom stereocenters. The number of nitrogens with zero attached hydrogens (tertiary/aromatic N) is 18. The van der Waals surface area contributed by atoms with Crippen molar-refractivity contribution in [2.75, 3.05) is 0 Å². The van der Waals surface area contributed by atoms with Crippen molar-refractivity contribution in [2.45, 2.75) is 0 Å². The lowest BCUT2D eigenvalue weighted by Gasteiger charge is -2.12. The SMILES string of the molecule is c1cc2c3ccc4ccc5ccc(nc5c4n3)c3cc4nc5c(cc(nc35)c3ccc(n1)c2n3)c1ccc2ccc3ccc(nc3c2n1)c1cc2nc3c(cc4nc13)c1ccc3ccc4ccc(nc4c3n1)c1cc3nc4c(cc2nc14)c1ccc2ccc4ccc(nc4c2n1)c1ccnc2ccc3nc21. The van der Waals surface area contributed by atoms with E-state index in [1.165, 1.54) is 0 Å². The van der Waals surface area contributed by atoms with E-state index in [0.717, 1.165) is 109 Å². The Balaban J connectivity index is 0.893. The number of hydrogen-bond acceptors (Lipinski definition) is 18. The molecule has 0 aliphatic rings.